The van der Waals surface area contributed by atoms with Crippen molar-refractivity contribution < 1.29 is 4.79 Å². The Labute approximate surface area is 106 Å². The summed E-state index contributed by atoms with van der Waals surface area (Å²) in [7, 11) is 0. The number of rotatable bonds is 5. The molecule has 0 spiro atoms. The zero-order valence-corrected chi connectivity index (χ0v) is 12.0. The molecule has 0 bridgehead atoms. The number of carbonyl (C=O) groups excluding carboxylic acids is 1. The summed E-state index contributed by atoms with van der Waals surface area (Å²) in [6, 6.07) is 0. The van der Waals surface area contributed by atoms with Gasteiger partial charge in [-0.25, -0.2) is 0 Å². The molecule has 1 fully saturated rings. The molecule has 2 unspecified atom stereocenters. The van der Waals surface area contributed by atoms with Gasteiger partial charge in [0, 0.05) is 19.5 Å². The number of carbonyl (C=O) groups is 1. The minimum atomic E-state index is 0.245. The van der Waals surface area contributed by atoms with E-state index in [1.54, 1.807) is 0 Å². The summed E-state index contributed by atoms with van der Waals surface area (Å²) in [5.74, 6) is 1.40. The SMILES string of the molecule is CCNCC(C)CN1CC(C(C)(C)C)CC1=O. The first kappa shape index (κ1) is 14.5. The third kappa shape index (κ3) is 4.30. The Morgan fingerprint density at radius 3 is 2.59 bits per heavy atom. The molecule has 1 N–H and O–H groups in total. The summed E-state index contributed by atoms with van der Waals surface area (Å²) >= 11 is 0. The van der Waals surface area contributed by atoms with Gasteiger partial charge in [-0.2, -0.15) is 0 Å². The van der Waals surface area contributed by atoms with E-state index in [9.17, 15) is 4.79 Å². The van der Waals surface area contributed by atoms with Crippen LogP contribution in [-0.2, 0) is 4.79 Å². The van der Waals surface area contributed by atoms with E-state index in [1.165, 1.54) is 0 Å². The highest BCUT2D eigenvalue weighted by atomic mass is 16.2. The van der Waals surface area contributed by atoms with E-state index in [0.717, 1.165) is 32.6 Å². The standard InChI is InChI=1S/C14H28N2O/c1-6-15-8-11(2)9-16-10-12(7-13(16)17)14(3,4)5/h11-12,15H,6-10H2,1-5H3. The lowest BCUT2D eigenvalue weighted by atomic mass is 9.80. The molecular weight excluding hydrogens is 212 g/mol. The average Bonchev–Trinajstić information content (AvgIpc) is 2.57. The van der Waals surface area contributed by atoms with E-state index < -0.39 is 0 Å². The maximum absolute atomic E-state index is 11.9. The minimum absolute atomic E-state index is 0.245. The molecule has 0 aromatic carbocycles. The first-order chi connectivity index (χ1) is 7.84. The van der Waals surface area contributed by atoms with E-state index in [-0.39, 0.29) is 5.41 Å². The van der Waals surface area contributed by atoms with Crippen LogP contribution in [0.2, 0.25) is 0 Å². The Bertz CT molecular complexity index is 257. The molecule has 0 radical (unpaired) electrons. The number of amides is 1. The molecule has 1 amide bonds. The maximum atomic E-state index is 11.9. The van der Waals surface area contributed by atoms with Gasteiger partial charge >= 0.3 is 0 Å². The molecule has 0 aromatic heterocycles. The highest BCUT2D eigenvalue weighted by Gasteiger charge is 2.36. The summed E-state index contributed by atoms with van der Waals surface area (Å²) in [6.45, 7) is 14.9. The normalized spacial score (nSPS) is 23.2. The average molecular weight is 240 g/mol. The molecule has 3 heteroatoms. The highest BCUT2D eigenvalue weighted by Crippen LogP contribution is 2.34. The highest BCUT2D eigenvalue weighted by molar-refractivity contribution is 5.78. The minimum Gasteiger partial charge on any atom is -0.342 e. The molecule has 1 rings (SSSR count). The fraction of sp³-hybridized carbons (Fsp3) is 0.929. The summed E-state index contributed by atoms with van der Waals surface area (Å²) in [5, 5.41) is 3.34. The lowest BCUT2D eigenvalue weighted by Gasteiger charge is -2.27. The largest absolute Gasteiger partial charge is 0.342 e. The fourth-order valence-electron chi connectivity index (χ4n) is 2.36. The Balaban J connectivity index is 2.43. The summed E-state index contributed by atoms with van der Waals surface area (Å²) in [5.41, 5.74) is 0.245. The second-order valence-corrected chi connectivity index (χ2v) is 6.48. The van der Waals surface area contributed by atoms with E-state index in [4.69, 9.17) is 0 Å². The molecule has 3 nitrogen and oxygen atoms in total. The van der Waals surface area contributed by atoms with Gasteiger partial charge in [0.05, 0.1) is 0 Å². The predicted molar refractivity (Wildman–Crippen MR) is 71.8 cm³/mol. The summed E-state index contributed by atoms with van der Waals surface area (Å²) in [4.78, 5) is 14.0. The van der Waals surface area contributed by atoms with Crippen LogP contribution < -0.4 is 5.32 Å². The van der Waals surface area contributed by atoms with E-state index in [1.807, 2.05) is 0 Å². The van der Waals surface area contributed by atoms with Crippen LogP contribution in [0.4, 0.5) is 0 Å². The Kier molecular flexibility index (Phi) is 4.99. The number of hydrogen-bond donors (Lipinski definition) is 1. The van der Waals surface area contributed by atoms with Gasteiger partial charge in [0.2, 0.25) is 5.91 Å². The molecule has 1 aliphatic rings. The zero-order chi connectivity index (χ0) is 13.1. The van der Waals surface area contributed by atoms with Crippen molar-refractivity contribution in [2.24, 2.45) is 17.3 Å². The molecular formula is C14H28N2O. The van der Waals surface area contributed by atoms with Crippen LogP contribution in [0.5, 0.6) is 0 Å². The van der Waals surface area contributed by atoms with Gasteiger partial charge in [-0.05, 0) is 30.3 Å². The first-order valence-electron chi connectivity index (χ1n) is 6.83. The van der Waals surface area contributed by atoms with Crippen LogP contribution in [0.25, 0.3) is 0 Å². The molecule has 17 heavy (non-hydrogen) atoms. The molecule has 2 atom stereocenters. The first-order valence-corrected chi connectivity index (χ1v) is 6.83. The zero-order valence-electron chi connectivity index (χ0n) is 12.0. The van der Waals surface area contributed by atoms with Gasteiger partial charge in [0.25, 0.3) is 0 Å². The second kappa shape index (κ2) is 5.85. The van der Waals surface area contributed by atoms with E-state index in [0.29, 0.717) is 17.7 Å². The van der Waals surface area contributed by atoms with Crippen molar-refractivity contribution in [3.63, 3.8) is 0 Å². The number of likely N-dealkylation sites (tertiary alicyclic amines) is 1. The van der Waals surface area contributed by atoms with Crippen molar-refractivity contribution in [1.82, 2.24) is 10.2 Å². The number of hydrogen-bond acceptors (Lipinski definition) is 2. The number of nitrogens with zero attached hydrogens (tertiary/aromatic N) is 1. The van der Waals surface area contributed by atoms with Crippen molar-refractivity contribution in [2.75, 3.05) is 26.2 Å². The van der Waals surface area contributed by atoms with Crippen LogP contribution >= 0.6 is 0 Å². The topological polar surface area (TPSA) is 32.3 Å². The quantitative estimate of drug-likeness (QED) is 0.798. The van der Waals surface area contributed by atoms with Crippen molar-refractivity contribution in [3.05, 3.63) is 0 Å². The molecule has 100 valence electrons. The van der Waals surface area contributed by atoms with Crippen molar-refractivity contribution in [2.45, 2.75) is 41.0 Å². The lowest BCUT2D eigenvalue weighted by Crippen LogP contribution is -2.35. The molecule has 1 heterocycles. The molecule has 0 aliphatic carbocycles. The van der Waals surface area contributed by atoms with Gasteiger partial charge in [-0.15, -0.1) is 0 Å². The molecule has 0 aromatic rings. The van der Waals surface area contributed by atoms with Gasteiger partial charge in [0.1, 0.15) is 0 Å². The van der Waals surface area contributed by atoms with Gasteiger partial charge < -0.3 is 10.2 Å². The Hall–Kier alpha value is -0.570. The van der Waals surface area contributed by atoms with Crippen LogP contribution in [0, 0.1) is 17.3 Å². The Morgan fingerprint density at radius 1 is 1.47 bits per heavy atom. The smallest absolute Gasteiger partial charge is 0.222 e. The molecule has 1 aliphatic heterocycles. The van der Waals surface area contributed by atoms with Gasteiger partial charge in [0.15, 0.2) is 0 Å². The molecule has 0 saturated carbocycles. The lowest BCUT2D eigenvalue weighted by molar-refractivity contribution is -0.128. The predicted octanol–water partition coefficient (Wildman–Crippen LogP) is 2.13. The van der Waals surface area contributed by atoms with Crippen molar-refractivity contribution in [3.8, 4) is 0 Å². The van der Waals surface area contributed by atoms with Crippen LogP contribution in [0.3, 0.4) is 0 Å². The monoisotopic (exact) mass is 240 g/mol. The third-order valence-corrected chi connectivity index (χ3v) is 3.71. The van der Waals surface area contributed by atoms with Crippen LogP contribution in [0.1, 0.15) is 41.0 Å². The third-order valence-electron chi connectivity index (χ3n) is 3.71. The van der Waals surface area contributed by atoms with Crippen LogP contribution in [-0.4, -0.2) is 37.0 Å². The summed E-state index contributed by atoms with van der Waals surface area (Å²) < 4.78 is 0. The van der Waals surface area contributed by atoms with Crippen molar-refractivity contribution in [1.29, 1.82) is 0 Å². The van der Waals surface area contributed by atoms with Crippen LogP contribution in [0.15, 0.2) is 0 Å². The van der Waals surface area contributed by atoms with Gasteiger partial charge in [-0.1, -0.05) is 34.6 Å². The van der Waals surface area contributed by atoms with Gasteiger partial charge in [-0.3, -0.25) is 4.79 Å². The Morgan fingerprint density at radius 2 is 2.12 bits per heavy atom. The maximum Gasteiger partial charge on any atom is 0.222 e. The van der Waals surface area contributed by atoms with E-state index >= 15 is 0 Å². The number of nitrogens with one attached hydrogen (secondary N) is 1. The second-order valence-electron chi connectivity index (χ2n) is 6.48. The van der Waals surface area contributed by atoms with E-state index in [2.05, 4.69) is 44.8 Å². The molecule has 1 saturated heterocycles. The fourth-order valence-corrected chi connectivity index (χ4v) is 2.36. The summed E-state index contributed by atoms with van der Waals surface area (Å²) in [6.07, 6.45) is 0.734. The van der Waals surface area contributed by atoms with Crippen molar-refractivity contribution >= 4 is 5.91 Å².